The number of carbonyl (C=O) groups excluding carboxylic acids is 1. The van der Waals surface area contributed by atoms with Gasteiger partial charge in [-0.05, 0) is 41.0 Å². The molecule has 0 unspecified atom stereocenters. The number of carbonyl (C=O) groups is 1. The van der Waals surface area contributed by atoms with Crippen LogP contribution in [0.25, 0.3) is 0 Å². The second-order valence-electron chi connectivity index (χ2n) is 7.98. The third-order valence-corrected chi connectivity index (χ3v) is 6.65. The molecule has 0 atom stereocenters. The molecule has 4 aromatic rings. The van der Waals surface area contributed by atoms with Gasteiger partial charge in [-0.2, -0.15) is 5.10 Å². The van der Waals surface area contributed by atoms with E-state index in [9.17, 15) is 9.90 Å². The second-order valence-corrected chi connectivity index (χ2v) is 9.64. The molecule has 5 nitrogen and oxygen atoms in total. The summed E-state index contributed by atoms with van der Waals surface area (Å²) in [5, 5.41) is 17.0. The highest BCUT2D eigenvalue weighted by Gasteiger charge is 2.39. The quantitative estimate of drug-likeness (QED) is 0.172. The zero-order chi connectivity index (χ0) is 26.4. The first-order valence-corrected chi connectivity index (χ1v) is 12.5. The van der Waals surface area contributed by atoms with Crippen LogP contribution in [-0.2, 0) is 17.0 Å². The molecule has 4 rings (SSSR count). The number of nitrogens with zero attached hydrogens (tertiary/aromatic N) is 1. The van der Waals surface area contributed by atoms with E-state index >= 15 is 0 Å². The average molecular weight is 574 g/mol. The van der Waals surface area contributed by atoms with Crippen molar-refractivity contribution < 1.29 is 14.6 Å². The van der Waals surface area contributed by atoms with Gasteiger partial charge >= 0.3 is 0 Å². The molecule has 0 aliphatic heterocycles. The van der Waals surface area contributed by atoms with Crippen LogP contribution in [0, 0.1) is 0 Å². The molecule has 1 amide bonds. The Morgan fingerprint density at radius 3 is 1.95 bits per heavy atom. The van der Waals surface area contributed by atoms with Crippen LogP contribution in [0.15, 0.2) is 96.1 Å². The SMILES string of the molecule is O=C(N/N=C/c1cc(Cl)c(OCc2ccc(Cl)cc2Cl)c(Cl)c1)C(O)(c1ccccc1)c1ccccc1. The van der Waals surface area contributed by atoms with E-state index in [2.05, 4.69) is 10.5 Å². The van der Waals surface area contributed by atoms with Crippen molar-refractivity contribution in [1.82, 2.24) is 5.43 Å². The van der Waals surface area contributed by atoms with Gasteiger partial charge in [0.15, 0.2) is 11.4 Å². The van der Waals surface area contributed by atoms with Crippen LogP contribution in [0.5, 0.6) is 5.75 Å². The van der Waals surface area contributed by atoms with Gasteiger partial charge in [0.25, 0.3) is 5.91 Å². The van der Waals surface area contributed by atoms with Gasteiger partial charge in [-0.1, -0.05) is 113 Å². The molecule has 0 bridgehead atoms. The molecule has 0 spiro atoms. The van der Waals surface area contributed by atoms with Crippen LogP contribution in [0.4, 0.5) is 0 Å². The maximum absolute atomic E-state index is 13.1. The minimum atomic E-state index is -1.95. The van der Waals surface area contributed by atoms with Crippen LogP contribution in [0.3, 0.4) is 0 Å². The molecule has 4 aromatic carbocycles. The Bertz CT molecular complexity index is 1370. The molecule has 0 saturated heterocycles. The van der Waals surface area contributed by atoms with E-state index in [-0.39, 0.29) is 22.4 Å². The van der Waals surface area contributed by atoms with E-state index < -0.39 is 11.5 Å². The van der Waals surface area contributed by atoms with Crippen LogP contribution in [0.1, 0.15) is 22.3 Å². The minimum absolute atomic E-state index is 0.135. The molecule has 0 aliphatic rings. The standard InChI is InChI=1S/C28H20Cl4N2O3/c29-22-12-11-19(23(30)15-22)17-37-26-24(31)13-18(14-25(26)32)16-33-34-27(35)28(36,20-7-3-1-4-8-20)21-9-5-2-6-10-21/h1-16,36H,17H2,(H,34,35)/b33-16+. The third kappa shape index (κ3) is 6.27. The highest BCUT2D eigenvalue weighted by Crippen LogP contribution is 2.35. The number of nitrogens with one attached hydrogen (secondary N) is 1. The first-order valence-electron chi connectivity index (χ1n) is 11.0. The average Bonchev–Trinajstić information content (AvgIpc) is 2.89. The van der Waals surface area contributed by atoms with Gasteiger partial charge < -0.3 is 9.84 Å². The monoisotopic (exact) mass is 572 g/mol. The fourth-order valence-corrected chi connectivity index (χ4v) is 4.69. The van der Waals surface area contributed by atoms with Crippen molar-refractivity contribution >= 4 is 58.5 Å². The molecule has 9 heteroatoms. The maximum Gasteiger partial charge on any atom is 0.281 e. The zero-order valence-corrected chi connectivity index (χ0v) is 22.2. The number of amides is 1. The van der Waals surface area contributed by atoms with Gasteiger partial charge in [-0.15, -0.1) is 0 Å². The number of hydrogen-bond donors (Lipinski definition) is 2. The van der Waals surface area contributed by atoms with E-state index in [1.807, 2.05) is 0 Å². The lowest BCUT2D eigenvalue weighted by atomic mass is 9.85. The first-order chi connectivity index (χ1) is 17.8. The number of benzene rings is 4. The lowest BCUT2D eigenvalue weighted by Crippen LogP contribution is -2.43. The summed E-state index contributed by atoms with van der Waals surface area (Å²) in [6, 6.07) is 25.5. The van der Waals surface area contributed by atoms with Gasteiger partial charge in [-0.3, -0.25) is 4.79 Å². The summed E-state index contributed by atoms with van der Waals surface area (Å²) in [5.74, 6) is -0.448. The summed E-state index contributed by atoms with van der Waals surface area (Å²) in [6.45, 7) is 0.135. The molecule has 2 N–H and O–H groups in total. The largest absolute Gasteiger partial charge is 0.486 e. The Kier molecular flexibility index (Phi) is 8.75. The van der Waals surface area contributed by atoms with E-state index in [1.165, 1.54) is 6.21 Å². The smallest absolute Gasteiger partial charge is 0.281 e. The summed E-state index contributed by atoms with van der Waals surface area (Å²) >= 11 is 24.9. The predicted molar refractivity (Wildman–Crippen MR) is 149 cm³/mol. The van der Waals surface area contributed by atoms with Crippen LogP contribution < -0.4 is 10.2 Å². The van der Waals surface area contributed by atoms with Crippen molar-refractivity contribution in [2.24, 2.45) is 5.10 Å². The first kappa shape index (κ1) is 27.0. The summed E-state index contributed by atoms with van der Waals surface area (Å²) in [5.41, 5.74) is 2.51. The highest BCUT2D eigenvalue weighted by molar-refractivity contribution is 6.37. The molecule has 0 aromatic heterocycles. The molecular formula is C28H20Cl4N2O3. The number of halogens is 4. The summed E-state index contributed by atoms with van der Waals surface area (Å²) in [6.07, 6.45) is 1.37. The Labute approximate surface area is 234 Å². The molecule has 0 aliphatic carbocycles. The van der Waals surface area contributed by atoms with Gasteiger partial charge in [0.05, 0.1) is 16.3 Å². The fourth-order valence-electron chi connectivity index (χ4n) is 3.61. The maximum atomic E-state index is 13.1. The van der Waals surface area contributed by atoms with Gasteiger partial charge in [0, 0.05) is 15.6 Å². The van der Waals surface area contributed by atoms with Crippen molar-refractivity contribution in [3.05, 3.63) is 133 Å². The summed E-state index contributed by atoms with van der Waals surface area (Å²) in [7, 11) is 0. The van der Waals surface area contributed by atoms with Crippen LogP contribution in [-0.4, -0.2) is 17.2 Å². The van der Waals surface area contributed by atoms with Gasteiger partial charge in [0.2, 0.25) is 0 Å². The van der Waals surface area contributed by atoms with E-state index in [0.29, 0.717) is 26.7 Å². The van der Waals surface area contributed by atoms with E-state index in [0.717, 1.165) is 5.56 Å². The van der Waals surface area contributed by atoms with Crippen molar-refractivity contribution in [3.8, 4) is 5.75 Å². The number of rotatable bonds is 8. The van der Waals surface area contributed by atoms with Crippen LogP contribution >= 0.6 is 46.4 Å². The molecule has 0 saturated carbocycles. The normalized spacial score (nSPS) is 11.5. The molecule has 37 heavy (non-hydrogen) atoms. The Balaban J connectivity index is 1.49. The van der Waals surface area contributed by atoms with Crippen molar-refractivity contribution in [2.75, 3.05) is 0 Å². The number of hydrogen-bond acceptors (Lipinski definition) is 4. The minimum Gasteiger partial charge on any atom is -0.486 e. The summed E-state index contributed by atoms with van der Waals surface area (Å²) in [4.78, 5) is 13.1. The Hall–Kier alpha value is -3.06. The van der Waals surface area contributed by atoms with Gasteiger partial charge in [-0.25, -0.2) is 5.43 Å². The summed E-state index contributed by atoms with van der Waals surface area (Å²) < 4.78 is 5.78. The predicted octanol–water partition coefficient (Wildman–Crippen LogP) is 7.27. The van der Waals surface area contributed by atoms with Crippen molar-refractivity contribution in [3.63, 3.8) is 0 Å². The molecular weight excluding hydrogens is 554 g/mol. The number of ether oxygens (including phenoxy) is 1. The molecule has 0 radical (unpaired) electrons. The van der Waals surface area contributed by atoms with Crippen molar-refractivity contribution in [1.29, 1.82) is 0 Å². The Morgan fingerprint density at radius 2 is 1.41 bits per heavy atom. The van der Waals surface area contributed by atoms with Gasteiger partial charge in [0.1, 0.15) is 6.61 Å². The topological polar surface area (TPSA) is 70.9 Å². The lowest BCUT2D eigenvalue weighted by molar-refractivity contribution is -0.136. The molecule has 188 valence electrons. The van der Waals surface area contributed by atoms with E-state index in [1.54, 1.807) is 91.0 Å². The fraction of sp³-hybridized carbons (Fsp3) is 0.0714. The number of hydrazone groups is 1. The zero-order valence-electron chi connectivity index (χ0n) is 19.2. The van der Waals surface area contributed by atoms with Crippen LogP contribution in [0.2, 0.25) is 20.1 Å². The molecule has 0 heterocycles. The lowest BCUT2D eigenvalue weighted by Gasteiger charge is -2.27. The Morgan fingerprint density at radius 1 is 0.838 bits per heavy atom. The second kappa shape index (κ2) is 12.0. The number of aliphatic hydroxyl groups is 1. The van der Waals surface area contributed by atoms with E-state index in [4.69, 9.17) is 51.1 Å². The highest BCUT2D eigenvalue weighted by atomic mass is 35.5. The molecule has 0 fully saturated rings. The van der Waals surface area contributed by atoms with Crippen molar-refractivity contribution in [2.45, 2.75) is 12.2 Å². The third-order valence-electron chi connectivity index (χ3n) is 5.50.